The van der Waals surface area contributed by atoms with Crippen LogP contribution in [0.15, 0.2) is 64.5 Å². The van der Waals surface area contributed by atoms with Crippen molar-refractivity contribution < 1.29 is 12.8 Å². The molecule has 25 heavy (non-hydrogen) atoms. The van der Waals surface area contributed by atoms with Crippen LogP contribution in [0.25, 0.3) is 0 Å². The summed E-state index contributed by atoms with van der Waals surface area (Å²) in [6.07, 6.45) is 0. The molecular weight excluding hydrogens is 456 g/mol. The molecule has 0 aliphatic heterocycles. The molecule has 2 rings (SSSR count). The third kappa shape index (κ3) is 6.62. The Balaban J connectivity index is 0.00000312. The lowest BCUT2D eigenvalue weighted by Gasteiger charge is -2.12. The van der Waals surface area contributed by atoms with E-state index in [1.165, 1.54) is 6.07 Å². The standard InChI is InChI=1S/C17H20FN3O2S.HI/c1-19-17(21-13-14-7-5-6-10-16(14)18)20-11-12-24(22,23)15-8-3-2-4-9-15;/h2-10H,11-13H2,1H3,(H2,19,20,21);1H. The molecule has 0 aromatic heterocycles. The summed E-state index contributed by atoms with van der Waals surface area (Å²) < 4.78 is 37.9. The monoisotopic (exact) mass is 477 g/mol. The van der Waals surface area contributed by atoms with Crippen LogP contribution in [-0.4, -0.2) is 33.7 Å². The largest absolute Gasteiger partial charge is 0.355 e. The maximum absolute atomic E-state index is 13.6. The summed E-state index contributed by atoms with van der Waals surface area (Å²) in [6, 6.07) is 14.7. The lowest BCUT2D eigenvalue weighted by Crippen LogP contribution is -2.39. The lowest BCUT2D eigenvalue weighted by atomic mass is 10.2. The van der Waals surface area contributed by atoms with E-state index in [9.17, 15) is 12.8 Å². The van der Waals surface area contributed by atoms with Crippen LogP contribution in [0, 0.1) is 5.82 Å². The van der Waals surface area contributed by atoms with Crippen molar-refractivity contribution in [3.05, 3.63) is 66.0 Å². The normalized spacial score (nSPS) is 11.5. The average Bonchev–Trinajstić information content (AvgIpc) is 2.60. The van der Waals surface area contributed by atoms with E-state index >= 15 is 0 Å². The minimum absolute atomic E-state index is 0. The molecule has 0 bridgehead atoms. The molecule has 0 saturated heterocycles. The molecule has 0 amide bonds. The van der Waals surface area contributed by atoms with E-state index < -0.39 is 9.84 Å². The second kappa shape index (κ2) is 10.3. The van der Waals surface area contributed by atoms with Crippen molar-refractivity contribution in [1.82, 2.24) is 10.6 Å². The van der Waals surface area contributed by atoms with Crippen LogP contribution in [0.4, 0.5) is 4.39 Å². The van der Waals surface area contributed by atoms with Gasteiger partial charge in [0.25, 0.3) is 0 Å². The first-order chi connectivity index (χ1) is 11.5. The molecular formula is C17H21FIN3O2S. The SMILES string of the molecule is CN=C(NCCS(=O)(=O)c1ccccc1)NCc1ccccc1F.I. The predicted molar refractivity (Wildman–Crippen MR) is 109 cm³/mol. The van der Waals surface area contributed by atoms with Gasteiger partial charge in [-0.3, -0.25) is 4.99 Å². The first kappa shape index (κ1) is 21.4. The molecule has 0 spiro atoms. The highest BCUT2D eigenvalue weighted by Crippen LogP contribution is 2.09. The Morgan fingerprint density at radius 1 is 1.04 bits per heavy atom. The summed E-state index contributed by atoms with van der Waals surface area (Å²) in [6.45, 7) is 0.464. The minimum atomic E-state index is -3.34. The number of sulfone groups is 1. The van der Waals surface area contributed by atoms with E-state index in [0.717, 1.165) is 0 Å². The number of hydrogen-bond donors (Lipinski definition) is 2. The molecule has 5 nitrogen and oxygen atoms in total. The molecule has 0 saturated carbocycles. The fraction of sp³-hybridized carbons (Fsp3) is 0.235. The van der Waals surface area contributed by atoms with Gasteiger partial charge in [0.15, 0.2) is 15.8 Å². The van der Waals surface area contributed by atoms with E-state index in [1.807, 2.05) is 0 Å². The van der Waals surface area contributed by atoms with E-state index in [4.69, 9.17) is 0 Å². The summed E-state index contributed by atoms with van der Waals surface area (Å²) in [5, 5.41) is 5.88. The quantitative estimate of drug-likeness (QED) is 0.381. The fourth-order valence-electron chi connectivity index (χ4n) is 2.09. The van der Waals surface area contributed by atoms with Crippen LogP contribution >= 0.6 is 24.0 Å². The van der Waals surface area contributed by atoms with Crippen LogP contribution in [-0.2, 0) is 16.4 Å². The van der Waals surface area contributed by atoms with E-state index in [0.29, 0.717) is 16.4 Å². The van der Waals surface area contributed by atoms with Gasteiger partial charge in [0.2, 0.25) is 0 Å². The molecule has 2 aromatic carbocycles. The maximum Gasteiger partial charge on any atom is 0.191 e. The summed E-state index contributed by atoms with van der Waals surface area (Å²) in [4.78, 5) is 4.29. The third-order valence-corrected chi connectivity index (χ3v) is 5.13. The summed E-state index contributed by atoms with van der Waals surface area (Å²) in [5.74, 6) is 0.0610. The van der Waals surface area contributed by atoms with Crippen molar-refractivity contribution in [2.45, 2.75) is 11.4 Å². The molecule has 136 valence electrons. The number of rotatable bonds is 6. The molecule has 2 N–H and O–H groups in total. The number of aliphatic imine (C=N–C) groups is 1. The van der Waals surface area contributed by atoms with Gasteiger partial charge in [-0.1, -0.05) is 36.4 Å². The zero-order valence-corrected chi connectivity index (χ0v) is 16.9. The topological polar surface area (TPSA) is 70.6 Å². The van der Waals surface area contributed by atoms with Crippen molar-refractivity contribution in [2.24, 2.45) is 4.99 Å². The summed E-state index contributed by atoms with van der Waals surface area (Å²) in [5.41, 5.74) is 0.511. The first-order valence-electron chi connectivity index (χ1n) is 7.48. The van der Waals surface area contributed by atoms with E-state index in [-0.39, 0.29) is 48.6 Å². The highest BCUT2D eigenvalue weighted by molar-refractivity contribution is 14.0. The molecule has 8 heteroatoms. The number of benzene rings is 2. The summed E-state index contributed by atoms with van der Waals surface area (Å²) in [7, 11) is -1.77. The first-order valence-corrected chi connectivity index (χ1v) is 9.14. The van der Waals surface area contributed by atoms with Crippen molar-refractivity contribution in [2.75, 3.05) is 19.3 Å². The molecule has 0 radical (unpaired) electrons. The van der Waals surface area contributed by atoms with Gasteiger partial charge in [-0.15, -0.1) is 24.0 Å². The van der Waals surface area contributed by atoms with Crippen molar-refractivity contribution in [3.8, 4) is 0 Å². The van der Waals surface area contributed by atoms with Gasteiger partial charge in [-0.2, -0.15) is 0 Å². The third-order valence-electron chi connectivity index (χ3n) is 3.39. The Morgan fingerprint density at radius 3 is 2.32 bits per heavy atom. The molecule has 2 aromatic rings. The Kier molecular flexibility index (Phi) is 8.84. The van der Waals surface area contributed by atoms with Gasteiger partial charge in [0.1, 0.15) is 5.82 Å². The van der Waals surface area contributed by atoms with Gasteiger partial charge >= 0.3 is 0 Å². The molecule has 0 fully saturated rings. The molecule has 0 unspecified atom stereocenters. The number of guanidine groups is 1. The molecule has 0 atom stereocenters. The highest BCUT2D eigenvalue weighted by Gasteiger charge is 2.13. The Bertz CT molecular complexity index is 799. The number of hydrogen-bond acceptors (Lipinski definition) is 3. The van der Waals surface area contributed by atoms with Gasteiger partial charge in [-0.25, -0.2) is 12.8 Å². The van der Waals surface area contributed by atoms with Gasteiger partial charge in [0.05, 0.1) is 10.6 Å². The Labute approximate surface area is 164 Å². The van der Waals surface area contributed by atoms with Crippen molar-refractivity contribution in [3.63, 3.8) is 0 Å². The van der Waals surface area contributed by atoms with Gasteiger partial charge in [0, 0.05) is 25.7 Å². The van der Waals surface area contributed by atoms with Crippen molar-refractivity contribution in [1.29, 1.82) is 0 Å². The zero-order chi connectivity index (χ0) is 17.4. The lowest BCUT2D eigenvalue weighted by molar-refractivity contribution is 0.594. The Hall–Kier alpha value is -1.68. The Morgan fingerprint density at radius 2 is 1.68 bits per heavy atom. The van der Waals surface area contributed by atoms with Crippen LogP contribution in [0.5, 0.6) is 0 Å². The second-order valence-corrected chi connectivity index (χ2v) is 7.19. The molecule has 0 aliphatic rings. The number of halogens is 2. The van der Waals surface area contributed by atoms with E-state index in [1.54, 1.807) is 55.6 Å². The molecule has 0 heterocycles. The van der Waals surface area contributed by atoms with Gasteiger partial charge in [-0.05, 0) is 18.2 Å². The predicted octanol–water partition coefficient (Wildman–Crippen LogP) is 2.58. The second-order valence-electron chi connectivity index (χ2n) is 5.08. The minimum Gasteiger partial charge on any atom is -0.355 e. The van der Waals surface area contributed by atoms with Crippen LogP contribution < -0.4 is 10.6 Å². The molecule has 0 aliphatic carbocycles. The van der Waals surface area contributed by atoms with Crippen molar-refractivity contribution >= 4 is 39.8 Å². The fourth-order valence-corrected chi connectivity index (χ4v) is 3.27. The smallest absolute Gasteiger partial charge is 0.191 e. The zero-order valence-electron chi connectivity index (χ0n) is 13.8. The van der Waals surface area contributed by atoms with Crippen LogP contribution in [0.2, 0.25) is 0 Å². The number of nitrogens with zero attached hydrogens (tertiary/aromatic N) is 1. The number of nitrogens with one attached hydrogen (secondary N) is 2. The summed E-state index contributed by atoms with van der Waals surface area (Å²) >= 11 is 0. The maximum atomic E-state index is 13.6. The van der Waals surface area contributed by atoms with E-state index in [2.05, 4.69) is 15.6 Å². The van der Waals surface area contributed by atoms with Gasteiger partial charge < -0.3 is 10.6 Å². The highest BCUT2D eigenvalue weighted by atomic mass is 127. The average molecular weight is 477 g/mol. The van der Waals surface area contributed by atoms with Crippen LogP contribution in [0.3, 0.4) is 0 Å². The van der Waals surface area contributed by atoms with Crippen LogP contribution in [0.1, 0.15) is 5.56 Å².